The second kappa shape index (κ2) is 8.41. The SMILES string of the molecule is N#Cc1c(NC(=O)c2ccc(Cc3ccccc3)cc2)sc2c1CCCCC2. The zero-order chi connectivity index (χ0) is 19.3. The summed E-state index contributed by atoms with van der Waals surface area (Å²) in [5.74, 6) is -0.154. The first kappa shape index (κ1) is 18.5. The molecule has 3 aromatic rings. The molecule has 0 unspecified atom stereocenters. The fourth-order valence-electron chi connectivity index (χ4n) is 3.73. The summed E-state index contributed by atoms with van der Waals surface area (Å²) in [6, 6.07) is 20.3. The number of benzene rings is 2. The van der Waals surface area contributed by atoms with E-state index in [1.807, 2.05) is 42.5 Å². The molecule has 0 saturated heterocycles. The zero-order valence-electron chi connectivity index (χ0n) is 15.7. The second-order valence-electron chi connectivity index (χ2n) is 7.19. The Kier molecular flexibility index (Phi) is 5.55. The summed E-state index contributed by atoms with van der Waals surface area (Å²) < 4.78 is 0. The standard InChI is InChI=1S/C24H22N2OS/c25-16-21-20-9-5-2-6-10-22(20)28-24(21)26-23(27)19-13-11-18(12-14-19)15-17-7-3-1-4-8-17/h1,3-4,7-8,11-14H,2,5-6,9-10,15H2,(H,26,27). The molecule has 1 aromatic heterocycles. The van der Waals surface area contributed by atoms with Crippen molar-refractivity contribution in [2.24, 2.45) is 0 Å². The lowest BCUT2D eigenvalue weighted by Crippen LogP contribution is -2.11. The molecule has 1 N–H and O–H groups in total. The Hall–Kier alpha value is -2.90. The maximum atomic E-state index is 12.7. The fraction of sp³-hybridized carbons (Fsp3) is 0.250. The monoisotopic (exact) mass is 386 g/mol. The molecule has 0 radical (unpaired) electrons. The summed E-state index contributed by atoms with van der Waals surface area (Å²) in [7, 11) is 0. The van der Waals surface area contributed by atoms with Crippen LogP contribution in [-0.4, -0.2) is 5.91 Å². The largest absolute Gasteiger partial charge is 0.312 e. The van der Waals surface area contributed by atoms with Gasteiger partial charge in [-0.05, 0) is 60.9 Å². The van der Waals surface area contributed by atoms with Crippen LogP contribution < -0.4 is 5.32 Å². The quantitative estimate of drug-likeness (QED) is 0.582. The van der Waals surface area contributed by atoms with Crippen LogP contribution in [0.5, 0.6) is 0 Å². The molecule has 3 nitrogen and oxygen atoms in total. The number of nitrogens with one attached hydrogen (secondary N) is 1. The van der Waals surface area contributed by atoms with Crippen molar-refractivity contribution in [3.05, 3.63) is 87.3 Å². The molecule has 28 heavy (non-hydrogen) atoms. The number of nitriles is 1. The lowest BCUT2D eigenvalue weighted by Gasteiger charge is -2.06. The van der Waals surface area contributed by atoms with Gasteiger partial charge in [-0.2, -0.15) is 5.26 Å². The summed E-state index contributed by atoms with van der Waals surface area (Å²) in [5, 5.41) is 13.3. The third-order valence-corrected chi connectivity index (χ3v) is 6.43. The Labute approximate surface area is 169 Å². The van der Waals surface area contributed by atoms with Crippen LogP contribution in [0.2, 0.25) is 0 Å². The van der Waals surface area contributed by atoms with Gasteiger partial charge in [0.1, 0.15) is 11.1 Å². The Morgan fingerprint density at radius 1 is 0.964 bits per heavy atom. The van der Waals surface area contributed by atoms with E-state index in [0.29, 0.717) is 16.1 Å². The van der Waals surface area contributed by atoms with Gasteiger partial charge < -0.3 is 5.32 Å². The van der Waals surface area contributed by atoms with E-state index < -0.39 is 0 Å². The van der Waals surface area contributed by atoms with Crippen LogP contribution >= 0.6 is 11.3 Å². The molecule has 0 saturated carbocycles. The average Bonchev–Trinajstić information content (AvgIpc) is 2.88. The van der Waals surface area contributed by atoms with Gasteiger partial charge in [0.05, 0.1) is 5.56 Å². The predicted molar refractivity (Wildman–Crippen MR) is 114 cm³/mol. The Morgan fingerprint density at radius 3 is 2.43 bits per heavy atom. The number of thiophene rings is 1. The number of hydrogen-bond acceptors (Lipinski definition) is 3. The highest BCUT2D eigenvalue weighted by Crippen LogP contribution is 2.37. The average molecular weight is 387 g/mol. The molecule has 4 heteroatoms. The molecule has 140 valence electrons. The summed E-state index contributed by atoms with van der Waals surface area (Å²) >= 11 is 1.57. The van der Waals surface area contributed by atoms with E-state index in [1.54, 1.807) is 11.3 Å². The minimum absolute atomic E-state index is 0.154. The number of nitrogens with zero attached hydrogens (tertiary/aromatic N) is 1. The second-order valence-corrected chi connectivity index (χ2v) is 8.30. The molecule has 0 bridgehead atoms. The fourth-order valence-corrected chi connectivity index (χ4v) is 4.96. The Balaban J connectivity index is 1.49. The minimum atomic E-state index is -0.154. The number of amides is 1. The molecule has 1 aliphatic rings. The molecule has 0 atom stereocenters. The summed E-state index contributed by atoms with van der Waals surface area (Å²) in [6.07, 6.45) is 6.29. The first-order chi connectivity index (χ1) is 13.7. The maximum Gasteiger partial charge on any atom is 0.256 e. The third-order valence-electron chi connectivity index (χ3n) is 5.23. The topological polar surface area (TPSA) is 52.9 Å². The molecule has 1 heterocycles. The van der Waals surface area contributed by atoms with Gasteiger partial charge in [0, 0.05) is 10.4 Å². The molecular formula is C24H22N2OS. The molecule has 4 rings (SSSR count). The molecule has 0 spiro atoms. The van der Waals surface area contributed by atoms with Crippen molar-refractivity contribution in [1.82, 2.24) is 0 Å². The summed E-state index contributed by atoms with van der Waals surface area (Å²) in [6.45, 7) is 0. The highest BCUT2D eigenvalue weighted by Gasteiger charge is 2.21. The van der Waals surface area contributed by atoms with Gasteiger partial charge in [-0.15, -0.1) is 11.3 Å². The van der Waals surface area contributed by atoms with E-state index in [2.05, 4.69) is 23.5 Å². The van der Waals surface area contributed by atoms with Crippen LogP contribution in [0.3, 0.4) is 0 Å². The van der Waals surface area contributed by atoms with E-state index in [0.717, 1.165) is 37.7 Å². The number of anilines is 1. The van der Waals surface area contributed by atoms with Gasteiger partial charge in [-0.25, -0.2) is 0 Å². The minimum Gasteiger partial charge on any atom is -0.312 e. The van der Waals surface area contributed by atoms with Crippen LogP contribution in [0, 0.1) is 11.3 Å². The highest BCUT2D eigenvalue weighted by molar-refractivity contribution is 7.16. The van der Waals surface area contributed by atoms with E-state index in [9.17, 15) is 10.1 Å². The molecule has 0 fully saturated rings. The van der Waals surface area contributed by atoms with E-state index in [4.69, 9.17) is 0 Å². The van der Waals surface area contributed by atoms with Crippen LogP contribution in [0.25, 0.3) is 0 Å². The number of rotatable bonds is 4. The molecular weight excluding hydrogens is 364 g/mol. The predicted octanol–water partition coefficient (Wildman–Crippen LogP) is 5.73. The van der Waals surface area contributed by atoms with Crippen molar-refractivity contribution in [3.8, 4) is 6.07 Å². The van der Waals surface area contributed by atoms with Crippen LogP contribution in [0.15, 0.2) is 54.6 Å². The maximum absolute atomic E-state index is 12.7. The van der Waals surface area contributed by atoms with Crippen molar-refractivity contribution in [3.63, 3.8) is 0 Å². The number of hydrogen-bond donors (Lipinski definition) is 1. The van der Waals surface area contributed by atoms with Crippen LogP contribution in [0.4, 0.5) is 5.00 Å². The molecule has 1 aliphatic carbocycles. The summed E-state index contributed by atoms with van der Waals surface area (Å²) in [5.41, 5.74) is 4.85. The van der Waals surface area contributed by atoms with Gasteiger partial charge in [0.2, 0.25) is 0 Å². The van der Waals surface area contributed by atoms with Gasteiger partial charge in [0.25, 0.3) is 5.91 Å². The number of aryl methyl sites for hydroxylation is 1. The van der Waals surface area contributed by atoms with Gasteiger partial charge in [-0.1, -0.05) is 48.9 Å². The first-order valence-electron chi connectivity index (χ1n) is 9.73. The third kappa shape index (κ3) is 4.00. The van der Waals surface area contributed by atoms with Gasteiger partial charge in [-0.3, -0.25) is 4.79 Å². The number of carbonyl (C=O) groups excluding carboxylic acids is 1. The Bertz CT molecular complexity index is 1010. The van der Waals surface area contributed by atoms with Crippen molar-refractivity contribution in [2.75, 3.05) is 5.32 Å². The van der Waals surface area contributed by atoms with Crippen molar-refractivity contribution >= 4 is 22.2 Å². The van der Waals surface area contributed by atoms with E-state index in [1.165, 1.54) is 22.4 Å². The first-order valence-corrected chi connectivity index (χ1v) is 10.5. The zero-order valence-corrected chi connectivity index (χ0v) is 16.5. The van der Waals surface area contributed by atoms with Crippen molar-refractivity contribution in [2.45, 2.75) is 38.5 Å². The highest BCUT2D eigenvalue weighted by atomic mass is 32.1. The van der Waals surface area contributed by atoms with Crippen molar-refractivity contribution < 1.29 is 4.79 Å². The smallest absolute Gasteiger partial charge is 0.256 e. The number of fused-ring (bicyclic) bond motifs is 1. The molecule has 0 aliphatic heterocycles. The lowest BCUT2D eigenvalue weighted by molar-refractivity contribution is 0.102. The Morgan fingerprint density at radius 2 is 1.68 bits per heavy atom. The molecule has 2 aromatic carbocycles. The summed E-state index contributed by atoms with van der Waals surface area (Å²) in [4.78, 5) is 14.0. The van der Waals surface area contributed by atoms with Crippen molar-refractivity contribution in [1.29, 1.82) is 5.26 Å². The van der Waals surface area contributed by atoms with Crippen LogP contribution in [0.1, 0.15) is 56.8 Å². The van der Waals surface area contributed by atoms with Gasteiger partial charge >= 0.3 is 0 Å². The van der Waals surface area contributed by atoms with E-state index in [-0.39, 0.29) is 5.91 Å². The van der Waals surface area contributed by atoms with Crippen LogP contribution in [-0.2, 0) is 19.3 Å². The molecule has 1 amide bonds. The lowest BCUT2D eigenvalue weighted by atomic mass is 10.0. The van der Waals surface area contributed by atoms with Gasteiger partial charge in [0.15, 0.2) is 0 Å². The normalized spacial score (nSPS) is 13.2. The number of carbonyl (C=O) groups is 1. The van der Waals surface area contributed by atoms with E-state index >= 15 is 0 Å².